The Morgan fingerprint density at radius 3 is 2.50 bits per heavy atom. The fourth-order valence-corrected chi connectivity index (χ4v) is 4.31. The molecule has 1 amide bonds. The van der Waals surface area contributed by atoms with Crippen LogP contribution in [0.3, 0.4) is 0 Å². The van der Waals surface area contributed by atoms with E-state index in [2.05, 4.69) is 31.1 Å². The smallest absolute Gasteiger partial charge is 0.251 e. The standard InChI is InChI=1S/C19H31N3O3S/c1-14(2)12-22(3)13-15-5-4-6-17(11-15)21-19(23)16-7-9-18(10-8-16)26(20,24)25/h7-10,14-15,17H,4-6,11-13H2,1-3H3,(H,21,23)(H2,20,24,25)/t15-,17-/m1/s1. The molecule has 0 spiro atoms. The summed E-state index contributed by atoms with van der Waals surface area (Å²) >= 11 is 0. The van der Waals surface area contributed by atoms with Gasteiger partial charge in [0.05, 0.1) is 4.90 Å². The third kappa shape index (κ3) is 6.37. The molecular weight excluding hydrogens is 350 g/mol. The predicted molar refractivity (Wildman–Crippen MR) is 103 cm³/mol. The number of nitrogens with zero attached hydrogens (tertiary/aromatic N) is 1. The van der Waals surface area contributed by atoms with Gasteiger partial charge in [-0.05, 0) is 62.4 Å². The second-order valence-electron chi connectivity index (χ2n) is 7.89. The van der Waals surface area contributed by atoms with Crippen LogP contribution in [-0.4, -0.2) is 45.4 Å². The first kappa shape index (κ1) is 20.9. The minimum absolute atomic E-state index is 0.0139. The van der Waals surface area contributed by atoms with E-state index >= 15 is 0 Å². The Hall–Kier alpha value is -1.44. The molecule has 1 saturated carbocycles. The lowest BCUT2D eigenvalue weighted by atomic mass is 9.85. The number of sulfonamides is 1. The third-order valence-corrected chi connectivity index (χ3v) is 5.74. The number of amides is 1. The zero-order valence-electron chi connectivity index (χ0n) is 15.9. The van der Waals surface area contributed by atoms with Gasteiger partial charge in [0.2, 0.25) is 10.0 Å². The van der Waals surface area contributed by atoms with Crippen molar-refractivity contribution in [3.05, 3.63) is 29.8 Å². The Labute approximate surface area is 157 Å². The van der Waals surface area contributed by atoms with Crippen molar-refractivity contribution in [1.29, 1.82) is 0 Å². The summed E-state index contributed by atoms with van der Waals surface area (Å²) < 4.78 is 22.6. The highest BCUT2D eigenvalue weighted by Crippen LogP contribution is 2.25. The molecule has 0 radical (unpaired) electrons. The van der Waals surface area contributed by atoms with Crippen molar-refractivity contribution < 1.29 is 13.2 Å². The maximum absolute atomic E-state index is 12.4. The van der Waals surface area contributed by atoms with Crippen molar-refractivity contribution in [1.82, 2.24) is 10.2 Å². The maximum atomic E-state index is 12.4. The fourth-order valence-electron chi connectivity index (χ4n) is 3.79. The molecule has 7 heteroatoms. The van der Waals surface area contributed by atoms with Crippen molar-refractivity contribution in [2.75, 3.05) is 20.1 Å². The molecule has 0 heterocycles. The highest BCUT2D eigenvalue weighted by Gasteiger charge is 2.24. The van der Waals surface area contributed by atoms with E-state index < -0.39 is 10.0 Å². The second-order valence-corrected chi connectivity index (χ2v) is 9.45. The first-order chi connectivity index (χ1) is 12.1. The molecule has 3 N–H and O–H groups in total. The van der Waals surface area contributed by atoms with Crippen LogP contribution in [0, 0.1) is 11.8 Å². The summed E-state index contributed by atoms with van der Waals surface area (Å²) in [7, 11) is -1.57. The summed E-state index contributed by atoms with van der Waals surface area (Å²) in [6, 6.07) is 5.92. The number of carbonyl (C=O) groups excluding carboxylic acids is 1. The lowest BCUT2D eigenvalue weighted by Crippen LogP contribution is -2.41. The average Bonchev–Trinajstić information content (AvgIpc) is 2.53. The van der Waals surface area contributed by atoms with Gasteiger partial charge in [0.1, 0.15) is 0 Å². The van der Waals surface area contributed by atoms with E-state index in [4.69, 9.17) is 5.14 Å². The van der Waals surface area contributed by atoms with Crippen molar-refractivity contribution in [2.24, 2.45) is 17.0 Å². The number of nitrogens with one attached hydrogen (secondary N) is 1. The van der Waals surface area contributed by atoms with Gasteiger partial charge in [0, 0.05) is 24.7 Å². The maximum Gasteiger partial charge on any atom is 0.251 e. The monoisotopic (exact) mass is 381 g/mol. The molecule has 2 rings (SSSR count). The Morgan fingerprint density at radius 1 is 1.27 bits per heavy atom. The van der Waals surface area contributed by atoms with Crippen LogP contribution in [-0.2, 0) is 10.0 Å². The van der Waals surface area contributed by atoms with Crippen LogP contribution in [0.4, 0.5) is 0 Å². The SMILES string of the molecule is CC(C)CN(C)C[C@@H]1CCC[C@@H](NC(=O)c2ccc(S(N)(=O)=O)cc2)C1. The minimum Gasteiger partial charge on any atom is -0.349 e. The molecule has 0 bridgehead atoms. The molecule has 1 fully saturated rings. The summed E-state index contributed by atoms with van der Waals surface area (Å²) in [6.45, 7) is 6.60. The van der Waals surface area contributed by atoms with Gasteiger partial charge in [0.15, 0.2) is 0 Å². The van der Waals surface area contributed by atoms with Crippen molar-refractivity contribution in [3.8, 4) is 0 Å². The topological polar surface area (TPSA) is 92.5 Å². The largest absolute Gasteiger partial charge is 0.349 e. The molecule has 0 unspecified atom stereocenters. The van der Waals surface area contributed by atoms with Crippen molar-refractivity contribution >= 4 is 15.9 Å². The lowest BCUT2D eigenvalue weighted by molar-refractivity contribution is 0.0913. The quantitative estimate of drug-likeness (QED) is 0.757. The number of benzene rings is 1. The third-order valence-electron chi connectivity index (χ3n) is 4.81. The molecule has 26 heavy (non-hydrogen) atoms. The first-order valence-electron chi connectivity index (χ1n) is 9.27. The second kappa shape index (κ2) is 8.97. The molecule has 1 aromatic carbocycles. The molecule has 2 atom stereocenters. The van der Waals surface area contributed by atoms with Gasteiger partial charge >= 0.3 is 0 Å². The number of hydrogen-bond acceptors (Lipinski definition) is 4. The van der Waals surface area contributed by atoms with Crippen LogP contribution in [0.15, 0.2) is 29.2 Å². The Bertz CT molecular complexity index is 701. The van der Waals surface area contributed by atoms with E-state index in [-0.39, 0.29) is 16.8 Å². The molecular formula is C19H31N3O3S. The molecule has 0 saturated heterocycles. The zero-order valence-corrected chi connectivity index (χ0v) is 16.8. The van der Waals surface area contributed by atoms with Crippen LogP contribution < -0.4 is 10.5 Å². The molecule has 1 aliphatic carbocycles. The van der Waals surface area contributed by atoms with Gasteiger partial charge in [-0.15, -0.1) is 0 Å². The van der Waals surface area contributed by atoms with Crippen LogP contribution in [0.2, 0.25) is 0 Å². The predicted octanol–water partition coefficient (Wildman–Crippen LogP) is 2.21. The first-order valence-corrected chi connectivity index (χ1v) is 10.8. The highest BCUT2D eigenvalue weighted by molar-refractivity contribution is 7.89. The van der Waals surface area contributed by atoms with Gasteiger partial charge in [-0.25, -0.2) is 13.6 Å². The van der Waals surface area contributed by atoms with Crippen molar-refractivity contribution in [2.45, 2.75) is 50.5 Å². The number of hydrogen-bond donors (Lipinski definition) is 2. The van der Waals surface area contributed by atoms with E-state index in [9.17, 15) is 13.2 Å². The molecule has 1 aromatic rings. The van der Waals surface area contributed by atoms with E-state index in [0.717, 1.165) is 32.4 Å². The average molecular weight is 382 g/mol. The molecule has 0 aromatic heterocycles. The zero-order chi connectivity index (χ0) is 19.3. The summed E-state index contributed by atoms with van der Waals surface area (Å²) in [5.41, 5.74) is 0.455. The Kier molecular flexibility index (Phi) is 7.20. The van der Waals surface area contributed by atoms with Crippen LogP contribution in [0.5, 0.6) is 0 Å². The summed E-state index contributed by atoms with van der Waals surface area (Å²) in [4.78, 5) is 14.8. The van der Waals surface area contributed by atoms with E-state index in [1.807, 2.05) is 0 Å². The number of nitrogens with two attached hydrogens (primary N) is 1. The molecule has 146 valence electrons. The van der Waals surface area contributed by atoms with Crippen LogP contribution in [0.1, 0.15) is 49.9 Å². The fraction of sp³-hybridized carbons (Fsp3) is 0.632. The molecule has 0 aliphatic heterocycles. The van der Waals surface area contributed by atoms with Gasteiger partial charge in [-0.2, -0.15) is 0 Å². The number of carbonyl (C=O) groups is 1. The van der Waals surface area contributed by atoms with E-state index in [0.29, 0.717) is 17.4 Å². The van der Waals surface area contributed by atoms with Crippen molar-refractivity contribution in [3.63, 3.8) is 0 Å². The Morgan fingerprint density at radius 2 is 1.92 bits per heavy atom. The Balaban J connectivity index is 1.90. The van der Waals surface area contributed by atoms with Gasteiger partial charge < -0.3 is 10.2 Å². The van der Waals surface area contributed by atoms with E-state index in [1.165, 1.54) is 30.7 Å². The molecule has 1 aliphatic rings. The van der Waals surface area contributed by atoms with Gasteiger partial charge in [-0.1, -0.05) is 20.3 Å². The molecule has 6 nitrogen and oxygen atoms in total. The summed E-state index contributed by atoms with van der Waals surface area (Å²) in [6.07, 6.45) is 4.31. The number of rotatable bonds is 7. The van der Waals surface area contributed by atoms with E-state index in [1.54, 1.807) is 0 Å². The van der Waals surface area contributed by atoms with Gasteiger partial charge in [0.25, 0.3) is 5.91 Å². The summed E-state index contributed by atoms with van der Waals surface area (Å²) in [5.74, 6) is 1.09. The van der Waals surface area contributed by atoms with Crippen LogP contribution in [0.25, 0.3) is 0 Å². The minimum atomic E-state index is -3.74. The van der Waals surface area contributed by atoms with Gasteiger partial charge in [-0.3, -0.25) is 4.79 Å². The number of primary sulfonamides is 1. The normalized spacial score (nSPS) is 21.2. The van der Waals surface area contributed by atoms with Crippen LogP contribution >= 0.6 is 0 Å². The lowest BCUT2D eigenvalue weighted by Gasteiger charge is -2.33. The highest BCUT2D eigenvalue weighted by atomic mass is 32.2. The summed E-state index contributed by atoms with van der Waals surface area (Å²) in [5, 5.41) is 8.18.